The number of alkyl halides is 3. The molecule has 0 aliphatic rings. The summed E-state index contributed by atoms with van der Waals surface area (Å²) in [6.45, 7) is 0. The Morgan fingerprint density at radius 2 is 1.57 bits per heavy atom. The maximum Gasteiger partial charge on any atom is 0.417 e. The molecule has 21 heavy (non-hydrogen) atoms. The highest BCUT2D eigenvalue weighted by molar-refractivity contribution is 5.92. The molecule has 0 aliphatic carbocycles. The Balaban J connectivity index is 2.56. The predicted octanol–water partition coefficient (Wildman–Crippen LogP) is 4.30. The molecule has 0 amide bonds. The van der Waals surface area contributed by atoms with Gasteiger partial charge in [-0.15, -0.1) is 0 Å². The number of rotatable bonds is 2. The highest BCUT2D eigenvalue weighted by Gasteiger charge is 2.35. The Morgan fingerprint density at radius 3 is 2.10 bits per heavy atom. The first-order valence-corrected chi connectivity index (χ1v) is 5.88. The number of carbonyl (C=O) groups excluding carboxylic acids is 1. The third kappa shape index (κ3) is 3.21. The van der Waals surface area contributed by atoms with Crippen molar-refractivity contribution < 1.29 is 27.1 Å². The second-order valence-corrected chi connectivity index (χ2v) is 4.26. The molecule has 2 nitrogen and oxygen atoms in total. The number of hydrogen-bond acceptors (Lipinski definition) is 2. The van der Waals surface area contributed by atoms with Crippen LogP contribution in [-0.4, -0.2) is 13.1 Å². The topological polar surface area (TPSA) is 26.3 Å². The Kier molecular flexibility index (Phi) is 3.97. The third-order valence-corrected chi connectivity index (χ3v) is 2.91. The molecule has 0 N–H and O–H groups in total. The number of carbonyl (C=O) groups is 1. The Bertz CT molecular complexity index is 660. The minimum absolute atomic E-state index is 0.231. The van der Waals surface area contributed by atoms with Crippen LogP contribution < -0.4 is 0 Å². The van der Waals surface area contributed by atoms with Crippen molar-refractivity contribution in [3.63, 3.8) is 0 Å². The van der Waals surface area contributed by atoms with Crippen molar-refractivity contribution in [1.82, 2.24) is 0 Å². The van der Waals surface area contributed by atoms with Crippen LogP contribution in [0.4, 0.5) is 17.6 Å². The Hall–Kier alpha value is -2.37. The fourth-order valence-electron chi connectivity index (χ4n) is 1.89. The van der Waals surface area contributed by atoms with Gasteiger partial charge in [-0.25, -0.2) is 9.18 Å². The smallest absolute Gasteiger partial charge is 0.417 e. The molecule has 0 saturated carbocycles. The summed E-state index contributed by atoms with van der Waals surface area (Å²) in [6.07, 6.45) is -4.69. The van der Waals surface area contributed by atoms with E-state index in [1.165, 1.54) is 18.2 Å². The third-order valence-electron chi connectivity index (χ3n) is 2.91. The van der Waals surface area contributed by atoms with Gasteiger partial charge in [0.2, 0.25) is 0 Å². The van der Waals surface area contributed by atoms with Gasteiger partial charge in [0.05, 0.1) is 18.2 Å². The van der Waals surface area contributed by atoms with Crippen molar-refractivity contribution in [1.29, 1.82) is 0 Å². The minimum atomic E-state index is -4.69. The molecular formula is C15H10F4O2. The van der Waals surface area contributed by atoms with E-state index in [1.807, 2.05) is 0 Å². The largest absolute Gasteiger partial charge is 0.465 e. The average molecular weight is 298 g/mol. The van der Waals surface area contributed by atoms with Gasteiger partial charge in [-0.3, -0.25) is 0 Å². The van der Waals surface area contributed by atoms with Gasteiger partial charge >= 0.3 is 12.1 Å². The van der Waals surface area contributed by atoms with Crippen LogP contribution in [0.3, 0.4) is 0 Å². The van der Waals surface area contributed by atoms with E-state index in [-0.39, 0.29) is 5.56 Å². The summed E-state index contributed by atoms with van der Waals surface area (Å²) in [5, 5.41) is 0. The zero-order valence-corrected chi connectivity index (χ0v) is 10.9. The van der Waals surface area contributed by atoms with E-state index in [9.17, 15) is 22.4 Å². The lowest BCUT2D eigenvalue weighted by atomic mass is 9.98. The van der Waals surface area contributed by atoms with Crippen molar-refractivity contribution in [2.75, 3.05) is 7.11 Å². The van der Waals surface area contributed by atoms with Gasteiger partial charge < -0.3 is 4.74 Å². The highest BCUT2D eigenvalue weighted by atomic mass is 19.4. The summed E-state index contributed by atoms with van der Waals surface area (Å²) in [5.74, 6) is -1.55. The van der Waals surface area contributed by atoms with Crippen LogP contribution in [0.15, 0.2) is 42.5 Å². The summed E-state index contributed by atoms with van der Waals surface area (Å²) in [7, 11) is 1.01. The monoisotopic (exact) mass is 298 g/mol. The first-order chi connectivity index (χ1) is 9.82. The molecule has 0 saturated heterocycles. The van der Waals surface area contributed by atoms with Gasteiger partial charge in [0.1, 0.15) is 5.82 Å². The molecule has 2 rings (SSSR count). The van der Waals surface area contributed by atoms with Gasteiger partial charge in [0.15, 0.2) is 0 Å². The standard InChI is InChI=1S/C15H10F4O2/c1-21-14(20)12-7-4-10(8-13(12)15(17,18)19)9-2-5-11(16)6-3-9/h2-8H,1H3. The Morgan fingerprint density at radius 1 is 1.00 bits per heavy atom. The fraction of sp³-hybridized carbons (Fsp3) is 0.133. The summed E-state index contributed by atoms with van der Waals surface area (Å²) in [4.78, 5) is 11.4. The molecule has 0 atom stereocenters. The van der Waals surface area contributed by atoms with E-state index in [0.29, 0.717) is 5.56 Å². The zero-order valence-electron chi connectivity index (χ0n) is 10.9. The molecule has 6 heteroatoms. The summed E-state index contributed by atoms with van der Waals surface area (Å²) in [6, 6.07) is 8.28. The number of ether oxygens (including phenoxy) is 1. The van der Waals surface area contributed by atoms with Crippen molar-refractivity contribution >= 4 is 5.97 Å². The van der Waals surface area contributed by atoms with Crippen molar-refractivity contribution in [3.05, 3.63) is 59.4 Å². The number of esters is 1. The molecule has 0 radical (unpaired) electrons. The molecule has 0 aliphatic heterocycles. The lowest BCUT2D eigenvalue weighted by Crippen LogP contribution is -2.14. The second kappa shape index (κ2) is 5.55. The van der Waals surface area contributed by atoms with Crippen LogP contribution >= 0.6 is 0 Å². The van der Waals surface area contributed by atoms with Crippen molar-refractivity contribution in [2.24, 2.45) is 0 Å². The van der Waals surface area contributed by atoms with Crippen molar-refractivity contribution in [2.45, 2.75) is 6.18 Å². The van der Waals surface area contributed by atoms with Gasteiger partial charge in [-0.05, 0) is 35.4 Å². The second-order valence-electron chi connectivity index (χ2n) is 4.26. The number of benzene rings is 2. The molecular weight excluding hydrogens is 288 g/mol. The Labute approximate surface area is 118 Å². The molecule has 0 heterocycles. The molecule has 0 fully saturated rings. The molecule has 0 unspecified atom stereocenters. The van der Waals surface area contributed by atoms with Crippen molar-refractivity contribution in [3.8, 4) is 11.1 Å². The number of halogens is 4. The van der Waals surface area contributed by atoms with E-state index >= 15 is 0 Å². The van der Waals surface area contributed by atoms with Gasteiger partial charge in [0, 0.05) is 0 Å². The van der Waals surface area contributed by atoms with E-state index in [4.69, 9.17) is 0 Å². The molecule has 110 valence electrons. The molecule has 0 aromatic heterocycles. The normalized spacial score (nSPS) is 11.3. The first kappa shape index (κ1) is 15.0. The highest BCUT2D eigenvalue weighted by Crippen LogP contribution is 2.35. The minimum Gasteiger partial charge on any atom is -0.465 e. The SMILES string of the molecule is COC(=O)c1ccc(-c2ccc(F)cc2)cc1C(F)(F)F. The van der Waals surface area contributed by atoms with Crippen LogP contribution in [0.25, 0.3) is 11.1 Å². The summed E-state index contributed by atoms with van der Waals surface area (Å²) < 4.78 is 56.3. The van der Waals surface area contributed by atoms with E-state index < -0.39 is 29.1 Å². The van der Waals surface area contributed by atoms with Crippen LogP contribution in [0.2, 0.25) is 0 Å². The van der Waals surface area contributed by atoms with E-state index in [2.05, 4.69) is 4.74 Å². The molecule has 0 bridgehead atoms. The van der Waals surface area contributed by atoms with Crippen LogP contribution in [-0.2, 0) is 10.9 Å². The number of hydrogen-bond donors (Lipinski definition) is 0. The van der Waals surface area contributed by atoms with Gasteiger partial charge in [-0.1, -0.05) is 18.2 Å². The molecule has 2 aromatic rings. The van der Waals surface area contributed by atoms with Crippen LogP contribution in [0.1, 0.15) is 15.9 Å². The zero-order chi connectivity index (χ0) is 15.6. The molecule has 0 spiro atoms. The fourth-order valence-corrected chi connectivity index (χ4v) is 1.89. The van der Waals surface area contributed by atoms with Crippen LogP contribution in [0.5, 0.6) is 0 Å². The lowest BCUT2D eigenvalue weighted by molar-refractivity contribution is -0.138. The maximum atomic E-state index is 13.0. The van der Waals surface area contributed by atoms with E-state index in [0.717, 1.165) is 31.4 Å². The quantitative estimate of drug-likeness (QED) is 0.610. The van der Waals surface area contributed by atoms with E-state index in [1.54, 1.807) is 0 Å². The first-order valence-electron chi connectivity index (χ1n) is 5.88. The summed E-state index contributed by atoms with van der Waals surface area (Å²) >= 11 is 0. The molecule has 2 aromatic carbocycles. The lowest BCUT2D eigenvalue weighted by Gasteiger charge is -2.13. The predicted molar refractivity (Wildman–Crippen MR) is 68.2 cm³/mol. The average Bonchev–Trinajstić information content (AvgIpc) is 2.46. The summed E-state index contributed by atoms with van der Waals surface area (Å²) in [5.41, 5.74) is -1.000. The van der Waals surface area contributed by atoms with Gasteiger partial charge in [-0.2, -0.15) is 13.2 Å². The number of methoxy groups -OCH3 is 1. The van der Waals surface area contributed by atoms with Gasteiger partial charge in [0.25, 0.3) is 0 Å². The van der Waals surface area contributed by atoms with Crippen LogP contribution in [0, 0.1) is 5.82 Å². The maximum absolute atomic E-state index is 13.0.